The summed E-state index contributed by atoms with van der Waals surface area (Å²) in [5, 5.41) is 19.0. The third kappa shape index (κ3) is 3.14. The number of pyridine rings is 2. The highest BCUT2D eigenvalue weighted by molar-refractivity contribution is 5.92. The van der Waals surface area contributed by atoms with Crippen LogP contribution in [0, 0.1) is 23.2 Å². The molecule has 2 aromatic rings. The van der Waals surface area contributed by atoms with Gasteiger partial charge in [-0.3, -0.25) is 4.79 Å². The van der Waals surface area contributed by atoms with Crippen LogP contribution < -0.4 is 4.90 Å². The first-order chi connectivity index (χ1) is 12.2. The molecular weight excluding hydrogens is 349 g/mol. The minimum Gasteiger partial charge on any atom is -0.481 e. The van der Waals surface area contributed by atoms with Crippen molar-refractivity contribution in [2.24, 2.45) is 11.8 Å². The number of aromatic nitrogens is 2. The van der Waals surface area contributed by atoms with Crippen LogP contribution in [0.15, 0.2) is 18.3 Å². The SMILES string of the molecule is C[C@H]1CN(c2c(C#N)cnc3nc(C(F)(F)F)ccc23)CC[C@H]1C(=O)O. The second kappa shape index (κ2) is 6.44. The van der Waals surface area contributed by atoms with Gasteiger partial charge in [0, 0.05) is 24.7 Å². The average Bonchev–Trinajstić information content (AvgIpc) is 2.58. The number of carboxylic acid groups (broad SMARTS) is 1. The van der Waals surface area contributed by atoms with Gasteiger partial charge >= 0.3 is 12.1 Å². The lowest BCUT2D eigenvalue weighted by molar-refractivity contribution is -0.144. The molecule has 2 atom stereocenters. The summed E-state index contributed by atoms with van der Waals surface area (Å²) < 4.78 is 38.6. The van der Waals surface area contributed by atoms with Gasteiger partial charge in [-0.1, -0.05) is 6.92 Å². The average molecular weight is 364 g/mol. The van der Waals surface area contributed by atoms with E-state index in [0.29, 0.717) is 30.6 Å². The van der Waals surface area contributed by atoms with Gasteiger partial charge in [0.15, 0.2) is 5.65 Å². The van der Waals surface area contributed by atoms with Crippen LogP contribution in [0.2, 0.25) is 0 Å². The van der Waals surface area contributed by atoms with Gasteiger partial charge in [0.25, 0.3) is 0 Å². The van der Waals surface area contributed by atoms with Crippen molar-refractivity contribution in [1.29, 1.82) is 5.26 Å². The fraction of sp³-hybridized carbons (Fsp3) is 0.412. The van der Waals surface area contributed by atoms with Crippen molar-refractivity contribution in [3.05, 3.63) is 29.6 Å². The predicted octanol–water partition coefficient (Wildman–Crippen LogP) is 3.07. The molecule has 0 amide bonds. The molecule has 1 aliphatic rings. The number of fused-ring (bicyclic) bond motifs is 1. The van der Waals surface area contributed by atoms with Crippen molar-refractivity contribution in [1.82, 2.24) is 9.97 Å². The molecule has 0 spiro atoms. The highest BCUT2D eigenvalue weighted by atomic mass is 19.4. The second-order valence-electron chi connectivity index (χ2n) is 6.35. The van der Waals surface area contributed by atoms with Crippen molar-refractivity contribution in [2.75, 3.05) is 18.0 Å². The minimum atomic E-state index is -4.59. The number of alkyl halides is 3. The third-order valence-electron chi connectivity index (χ3n) is 4.65. The van der Waals surface area contributed by atoms with Crippen LogP contribution in [0.4, 0.5) is 18.9 Å². The van der Waals surface area contributed by atoms with E-state index in [0.717, 1.165) is 6.07 Å². The zero-order valence-electron chi connectivity index (χ0n) is 13.8. The number of hydrogen-bond acceptors (Lipinski definition) is 5. The van der Waals surface area contributed by atoms with Gasteiger partial charge in [-0.05, 0) is 24.5 Å². The Balaban J connectivity index is 2.07. The van der Waals surface area contributed by atoms with E-state index in [-0.39, 0.29) is 17.1 Å². The van der Waals surface area contributed by atoms with Crippen molar-refractivity contribution >= 4 is 22.7 Å². The zero-order chi connectivity index (χ0) is 19.1. The maximum Gasteiger partial charge on any atom is 0.433 e. The summed E-state index contributed by atoms with van der Waals surface area (Å²) in [4.78, 5) is 20.6. The Kier molecular flexibility index (Phi) is 4.44. The summed E-state index contributed by atoms with van der Waals surface area (Å²) in [5.74, 6) is -1.52. The summed E-state index contributed by atoms with van der Waals surface area (Å²) in [7, 11) is 0. The van der Waals surface area contributed by atoms with Crippen LogP contribution in [-0.4, -0.2) is 34.1 Å². The quantitative estimate of drug-likeness (QED) is 0.881. The molecule has 0 saturated carbocycles. The molecule has 136 valence electrons. The zero-order valence-corrected chi connectivity index (χ0v) is 13.8. The molecule has 1 saturated heterocycles. The van der Waals surface area contributed by atoms with E-state index in [2.05, 4.69) is 9.97 Å². The van der Waals surface area contributed by atoms with Crippen LogP contribution in [0.3, 0.4) is 0 Å². The molecule has 3 rings (SSSR count). The Bertz CT molecular complexity index is 907. The molecule has 0 radical (unpaired) electrons. The van der Waals surface area contributed by atoms with Crippen LogP contribution in [0.5, 0.6) is 0 Å². The molecule has 6 nitrogen and oxygen atoms in total. The van der Waals surface area contributed by atoms with E-state index in [1.807, 2.05) is 11.0 Å². The lowest BCUT2D eigenvalue weighted by Crippen LogP contribution is -2.42. The van der Waals surface area contributed by atoms with E-state index in [4.69, 9.17) is 0 Å². The van der Waals surface area contributed by atoms with Gasteiger partial charge in [0.05, 0.1) is 17.2 Å². The maximum atomic E-state index is 12.9. The van der Waals surface area contributed by atoms with E-state index in [1.165, 1.54) is 12.3 Å². The monoisotopic (exact) mass is 364 g/mol. The van der Waals surface area contributed by atoms with Gasteiger partial charge in [0.2, 0.25) is 0 Å². The van der Waals surface area contributed by atoms with Crippen molar-refractivity contribution in [3.63, 3.8) is 0 Å². The minimum absolute atomic E-state index is 0.0955. The first-order valence-corrected chi connectivity index (χ1v) is 7.97. The van der Waals surface area contributed by atoms with Crippen LogP contribution in [0.25, 0.3) is 11.0 Å². The lowest BCUT2D eigenvalue weighted by Gasteiger charge is -2.37. The third-order valence-corrected chi connectivity index (χ3v) is 4.65. The van der Waals surface area contributed by atoms with E-state index < -0.39 is 23.8 Å². The van der Waals surface area contributed by atoms with Gasteiger partial charge in [0.1, 0.15) is 11.8 Å². The molecule has 0 aliphatic carbocycles. The number of anilines is 1. The number of hydrogen-bond donors (Lipinski definition) is 1. The molecule has 9 heteroatoms. The molecule has 0 unspecified atom stereocenters. The fourth-order valence-corrected chi connectivity index (χ4v) is 3.36. The van der Waals surface area contributed by atoms with Crippen LogP contribution >= 0.6 is 0 Å². The number of rotatable bonds is 2. The summed E-state index contributed by atoms with van der Waals surface area (Å²) in [6, 6.07) is 4.14. The van der Waals surface area contributed by atoms with Crippen molar-refractivity contribution in [3.8, 4) is 6.07 Å². The molecule has 1 N–H and O–H groups in total. The van der Waals surface area contributed by atoms with E-state index in [9.17, 15) is 28.3 Å². The standard InChI is InChI=1S/C17H15F3N4O2/c1-9-8-24(5-4-11(9)16(25)26)14-10(6-21)7-22-15-12(14)2-3-13(23-15)17(18,19)20/h2-3,7,9,11H,4-5,8H2,1H3,(H,25,26)/t9-,11+/m0/s1. The van der Waals surface area contributed by atoms with E-state index >= 15 is 0 Å². The normalized spacial score (nSPS) is 20.8. The molecule has 2 aromatic heterocycles. The predicted molar refractivity (Wildman–Crippen MR) is 86.4 cm³/mol. The molecule has 3 heterocycles. The highest BCUT2D eigenvalue weighted by Crippen LogP contribution is 2.35. The summed E-state index contributed by atoms with van der Waals surface area (Å²) in [6.07, 6.45) is -2.99. The number of nitriles is 1. The number of piperidine rings is 1. The second-order valence-corrected chi connectivity index (χ2v) is 6.35. The fourth-order valence-electron chi connectivity index (χ4n) is 3.36. The topological polar surface area (TPSA) is 90.1 Å². The van der Waals surface area contributed by atoms with E-state index in [1.54, 1.807) is 6.92 Å². The van der Waals surface area contributed by atoms with Crippen LogP contribution in [-0.2, 0) is 11.0 Å². The Labute approximate surface area is 146 Å². The molecule has 1 aliphatic heterocycles. The van der Waals surface area contributed by atoms with Crippen molar-refractivity contribution < 1.29 is 23.1 Å². The summed E-state index contributed by atoms with van der Waals surface area (Å²) in [6.45, 7) is 2.57. The molecule has 0 aromatic carbocycles. The molecule has 26 heavy (non-hydrogen) atoms. The Morgan fingerprint density at radius 2 is 2.15 bits per heavy atom. The number of carbonyl (C=O) groups is 1. The van der Waals surface area contributed by atoms with Gasteiger partial charge in [-0.25, -0.2) is 9.97 Å². The van der Waals surface area contributed by atoms with Crippen LogP contribution in [0.1, 0.15) is 24.6 Å². The number of nitrogens with zero attached hydrogens (tertiary/aromatic N) is 4. The summed E-state index contributed by atoms with van der Waals surface area (Å²) >= 11 is 0. The number of halogens is 3. The number of carboxylic acids is 1. The first-order valence-electron chi connectivity index (χ1n) is 7.97. The Hall–Kier alpha value is -2.89. The lowest BCUT2D eigenvalue weighted by atomic mass is 9.86. The smallest absolute Gasteiger partial charge is 0.433 e. The van der Waals surface area contributed by atoms with Gasteiger partial charge < -0.3 is 10.0 Å². The molecule has 1 fully saturated rings. The Morgan fingerprint density at radius 1 is 1.42 bits per heavy atom. The van der Waals surface area contributed by atoms with Gasteiger partial charge in [-0.15, -0.1) is 0 Å². The maximum absolute atomic E-state index is 12.9. The molecule has 0 bridgehead atoms. The highest BCUT2D eigenvalue weighted by Gasteiger charge is 2.35. The molecular formula is C17H15F3N4O2. The van der Waals surface area contributed by atoms with Gasteiger partial charge in [-0.2, -0.15) is 18.4 Å². The number of aliphatic carboxylic acids is 1. The Morgan fingerprint density at radius 3 is 2.73 bits per heavy atom. The largest absolute Gasteiger partial charge is 0.481 e. The van der Waals surface area contributed by atoms with Crippen molar-refractivity contribution in [2.45, 2.75) is 19.5 Å². The summed E-state index contributed by atoms with van der Waals surface area (Å²) in [5.41, 5.74) is -0.470. The first kappa shape index (κ1) is 17.9.